The molecule has 4 atom stereocenters. The van der Waals surface area contributed by atoms with Crippen molar-refractivity contribution in [2.75, 3.05) is 13.6 Å². The van der Waals surface area contributed by atoms with Crippen molar-refractivity contribution >= 4 is 11.8 Å². The second kappa shape index (κ2) is 7.80. The predicted octanol–water partition coefficient (Wildman–Crippen LogP) is 0.328. The van der Waals surface area contributed by atoms with Gasteiger partial charge in [-0.1, -0.05) is 12.2 Å². The molecule has 0 saturated carbocycles. The highest BCUT2D eigenvalue weighted by Gasteiger charge is 2.40. The predicted molar refractivity (Wildman–Crippen MR) is 99.5 cm³/mol. The van der Waals surface area contributed by atoms with Gasteiger partial charge in [0.2, 0.25) is 11.8 Å². The molecule has 0 aromatic carbocycles. The summed E-state index contributed by atoms with van der Waals surface area (Å²) < 4.78 is 0. The van der Waals surface area contributed by atoms with Crippen LogP contribution in [0.25, 0.3) is 0 Å². The number of fused-ring (bicyclic) bond motifs is 2. The summed E-state index contributed by atoms with van der Waals surface area (Å²) >= 11 is 0. The van der Waals surface area contributed by atoms with Gasteiger partial charge in [-0.05, 0) is 45.1 Å². The first-order valence-corrected chi connectivity index (χ1v) is 9.90. The van der Waals surface area contributed by atoms with Crippen molar-refractivity contribution in [1.29, 1.82) is 0 Å². The fourth-order valence-corrected chi connectivity index (χ4v) is 4.74. The Labute approximate surface area is 159 Å². The van der Waals surface area contributed by atoms with Crippen LogP contribution < -0.4 is 10.6 Å². The third-order valence-corrected chi connectivity index (χ3v) is 6.28. The highest BCUT2D eigenvalue weighted by atomic mass is 16.2. The Bertz CT molecular complexity index is 689. The SMILES string of the molecule is CN1C2CCC1CC(C(=O)NC[C@H]1C=C[C@@H](NC(=O)Cn3nccn3)C1)C2. The number of aromatic nitrogens is 3. The lowest BCUT2D eigenvalue weighted by molar-refractivity contribution is -0.127. The molecule has 2 fully saturated rings. The van der Waals surface area contributed by atoms with Crippen LogP contribution in [0.2, 0.25) is 0 Å². The van der Waals surface area contributed by atoms with Crippen molar-refractivity contribution in [3.05, 3.63) is 24.5 Å². The van der Waals surface area contributed by atoms with Gasteiger partial charge in [0.1, 0.15) is 6.54 Å². The molecule has 1 aliphatic carbocycles. The standard InChI is InChI=1S/C19H28N6O2/c1-24-16-4-5-17(24)10-14(9-16)19(27)20-11-13-2-3-15(8-13)23-18(26)12-25-21-6-7-22-25/h2-3,6-7,13-17H,4-5,8-12H2,1H3,(H,20,27)(H,23,26)/t13-,14?,15+,16?,17?/m0/s1. The topological polar surface area (TPSA) is 92.2 Å². The third-order valence-electron chi connectivity index (χ3n) is 6.28. The van der Waals surface area contributed by atoms with Gasteiger partial charge in [-0.2, -0.15) is 15.0 Å². The number of carbonyl (C=O) groups is 2. The molecule has 3 aliphatic rings. The van der Waals surface area contributed by atoms with E-state index in [1.807, 2.05) is 6.08 Å². The van der Waals surface area contributed by atoms with E-state index in [1.54, 1.807) is 12.4 Å². The first kappa shape index (κ1) is 18.2. The van der Waals surface area contributed by atoms with Crippen molar-refractivity contribution in [3.63, 3.8) is 0 Å². The summed E-state index contributed by atoms with van der Waals surface area (Å²) in [7, 11) is 2.19. The Balaban J connectivity index is 1.17. The molecular formula is C19H28N6O2. The summed E-state index contributed by atoms with van der Waals surface area (Å²) in [6.45, 7) is 0.765. The minimum atomic E-state index is -0.104. The molecule has 2 N–H and O–H groups in total. The number of amides is 2. The van der Waals surface area contributed by atoms with E-state index in [1.165, 1.54) is 17.6 Å². The molecule has 27 heavy (non-hydrogen) atoms. The molecule has 8 heteroatoms. The van der Waals surface area contributed by atoms with Crippen molar-refractivity contribution in [2.45, 2.75) is 56.8 Å². The van der Waals surface area contributed by atoms with E-state index in [4.69, 9.17) is 0 Å². The minimum absolute atomic E-state index is 0.00846. The van der Waals surface area contributed by atoms with E-state index in [-0.39, 0.29) is 36.2 Å². The molecule has 2 saturated heterocycles. The molecule has 2 unspecified atom stereocenters. The van der Waals surface area contributed by atoms with Crippen LogP contribution in [0, 0.1) is 11.8 Å². The van der Waals surface area contributed by atoms with E-state index in [0.717, 1.165) is 19.3 Å². The van der Waals surface area contributed by atoms with Crippen LogP contribution in [0.1, 0.15) is 32.1 Å². The number of nitrogens with one attached hydrogen (secondary N) is 2. The zero-order valence-electron chi connectivity index (χ0n) is 15.8. The van der Waals surface area contributed by atoms with Gasteiger partial charge >= 0.3 is 0 Å². The average molecular weight is 372 g/mol. The zero-order valence-corrected chi connectivity index (χ0v) is 15.8. The van der Waals surface area contributed by atoms with Crippen LogP contribution in [0.15, 0.2) is 24.5 Å². The highest BCUT2D eigenvalue weighted by molar-refractivity contribution is 5.79. The quantitative estimate of drug-likeness (QED) is 0.702. The Hall–Kier alpha value is -2.22. The van der Waals surface area contributed by atoms with Crippen LogP contribution in [0.5, 0.6) is 0 Å². The lowest BCUT2D eigenvalue weighted by atomic mass is 9.90. The van der Waals surface area contributed by atoms with Crippen molar-refractivity contribution in [1.82, 2.24) is 30.5 Å². The summed E-state index contributed by atoms with van der Waals surface area (Å²) in [6.07, 6.45) is 12.5. The van der Waals surface area contributed by atoms with E-state index >= 15 is 0 Å². The average Bonchev–Trinajstić information content (AvgIpc) is 3.34. The van der Waals surface area contributed by atoms with Gasteiger partial charge in [-0.25, -0.2) is 0 Å². The largest absolute Gasteiger partial charge is 0.355 e. The fraction of sp³-hybridized carbons (Fsp3) is 0.684. The number of rotatable bonds is 6. The van der Waals surface area contributed by atoms with E-state index in [2.05, 4.69) is 38.9 Å². The number of carbonyl (C=O) groups excluding carboxylic acids is 2. The van der Waals surface area contributed by atoms with Gasteiger partial charge in [0.05, 0.1) is 12.4 Å². The molecule has 3 heterocycles. The summed E-state index contributed by atoms with van der Waals surface area (Å²) in [5, 5.41) is 14.0. The smallest absolute Gasteiger partial charge is 0.244 e. The summed E-state index contributed by atoms with van der Waals surface area (Å²) in [4.78, 5) is 28.4. The van der Waals surface area contributed by atoms with Gasteiger partial charge in [0.15, 0.2) is 0 Å². The van der Waals surface area contributed by atoms with Crippen molar-refractivity contribution in [3.8, 4) is 0 Å². The molecule has 146 valence electrons. The van der Waals surface area contributed by atoms with Crippen molar-refractivity contribution < 1.29 is 9.59 Å². The van der Waals surface area contributed by atoms with E-state index < -0.39 is 0 Å². The second-order valence-electron chi connectivity index (χ2n) is 8.08. The molecule has 2 aliphatic heterocycles. The minimum Gasteiger partial charge on any atom is -0.355 e. The molecule has 0 spiro atoms. The molecule has 2 bridgehead atoms. The Kier molecular flexibility index (Phi) is 5.24. The van der Waals surface area contributed by atoms with Crippen LogP contribution in [-0.2, 0) is 16.1 Å². The molecular weight excluding hydrogens is 344 g/mol. The maximum atomic E-state index is 12.6. The Morgan fingerprint density at radius 1 is 1.07 bits per heavy atom. The number of hydrogen-bond acceptors (Lipinski definition) is 5. The maximum absolute atomic E-state index is 12.6. The molecule has 4 rings (SSSR count). The third kappa shape index (κ3) is 4.21. The normalized spacial score (nSPS) is 32.6. The highest BCUT2D eigenvalue weighted by Crippen LogP contribution is 2.37. The van der Waals surface area contributed by atoms with Crippen LogP contribution in [0.3, 0.4) is 0 Å². The number of piperidine rings is 1. The Morgan fingerprint density at radius 2 is 1.78 bits per heavy atom. The van der Waals surface area contributed by atoms with Gasteiger partial charge < -0.3 is 15.5 Å². The monoisotopic (exact) mass is 372 g/mol. The van der Waals surface area contributed by atoms with E-state index in [0.29, 0.717) is 18.6 Å². The lowest BCUT2D eigenvalue weighted by Gasteiger charge is -2.35. The zero-order chi connectivity index (χ0) is 18.8. The first-order chi connectivity index (χ1) is 13.1. The molecule has 8 nitrogen and oxygen atoms in total. The fourth-order valence-electron chi connectivity index (χ4n) is 4.74. The Morgan fingerprint density at radius 3 is 2.48 bits per heavy atom. The van der Waals surface area contributed by atoms with Gasteiger partial charge in [0, 0.05) is 30.6 Å². The summed E-state index contributed by atoms with van der Waals surface area (Å²) in [5.74, 6) is 0.518. The molecule has 0 radical (unpaired) electrons. The second-order valence-corrected chi connectivity index (χ2v) is 8.08. The number of hydrogen-bond donors (Lipinski definition) is 2. The van der Waals surface area contributed by atoms with Gasteiger partial charge in [-0.3, -0.25) is 9.59 Å². The lowest BCUT2D eigenvalue weighted by Crippen LogP contribution is -2.45. The molecule has 1 aromatic heterocycles. The molecule has 2 amide bonds. The molecule has 1 aromatic rings. The van der Waals surface area contributed by atoms with E-state index in [9.17, 15) is 9.59 Å². The van der Waals surface area contributed by atoms with Crippen LogP contribution >= 0.6 is 0 Å². The van der Waals surface area contributed by atoms with Crippen LogP contribution in [0.4, 0.5) is 0 Å². The van der Waals surface area contributed by atoms with Gasteiger partial charge in [-0.15, -0.1) is 0 Å². The van der Waals surface area contributed by atoms with Crippen molar-refractivity contribution in [2.24, 2.45) is 11.8 Å². The van der Waals surface area contributed by atoms with Crippen LogP contribution in [-0.4, -0.2) is 63.4 Å². The summed E-state index contributed by atoms with van der Waals surface area (Å²) in [5.41, 5.74) is 0. The first-order valence-electron chi connectivity index (χ1n) is 9.90. The summed E-state index contributed by atoms with van der Waals surface area (Å²) in [6, 6.07) is 1.17. The van der Waals surface area contributed by atoms with Gasteiger partial charge in [0.25, 0.3) is 0 Å². The number of nitrogens with zero attached hydrogens (tertiary/aromatic N) is 4. The maximum Gasteiger partial charge on any atom is 0.244 e.